The molecule has 126 valence electrons. The average Bonchev–Trinajstić information content (AvgIpc) is 3.25. The standard InChI is InChI=1S/C20H16N6/c1-26-11-14(18-24-15-9-5-6-10-16(15)25-18)17-19(21-12-22-20(17)26)23-13-7-3-2-4-8-13/h2-12H,1H3,(H,24,25)(H,21,22,23). The molecule has 6 heteroatoms. The first-order chi connectivity index (χ1) is 12.8. The molecule has 6 nitrogen and oxygen atoms in total. The Kier molecular flexibility index (Phi) is 3.21. The fourth-order valence-electron chi connectivity index (χ4n) is 3.22. The molecule has 0 aliphatic carbocycles. The second-order valence-electron chi connectivity index (χ2n) is 6.17. The van der Waals surface area contributed by atoms with Gasteiger partial charge in [-0.15, -0.1) is 0 Å². The smallest absolute Gasteiger partial charge is 0.145 e. The Labute approximate surface area is 149 Å². The van der Waals surface area contributed by atoms with Crippen molar-refractivity contribution in [3.05, 3.63) is 67.1 Å². The van der Waals surface area contributed by atoms with Gasteiger partial charge in [-0.1, -0.05) is 30.3 Å². The van der Waals surface area contributed by atoms with E-state index in [0.717, 1.165) is 45.0 Å². The average molecular weight is 340 g/mol. The molecule has 2 N–H and O–H groups in total. The molecule has 26 heavy (non-hydrogen) atoms. The van der Waals surface area contributed by atoms with E-state index in [2.05, 4.69) is 20.3 Å². The number of aromatic amines is 1. The number of fused-ring (bicyclic) bond motifs is 2. The van der Waals surface area contributed by atoms with Crippen LogP contribution in [0.15, 0.2) is 67.1 Å². The van der Waals surface area contributed by atoms with Gasteiger partial charge in [0.25, 0.3) is 0 Å². The van der Waals surface area contributed by atoms with Crippen molar-refractivity contribution in [2.45, 2.75) is 0 Å². The summed E-state index contributed by atoms with van der Waals surface area (Å²) in [5.74, 6) is 1.57. The zero-order valence-electron chi connectivity index (χ0n) is 14.1. The maximum Gasteiger partial charge on any atom is 0.145 e. The highest BCUT2D eigenvalue weighted by atomic mass is 15.1. The van der Waals surface area contributed by atoms with Gasteiger partial charge in [-0.25, -0.2) is 15.0 Å². The van der Waals surface area contributed by atoms with Crippen molar-refractivity contribution < 1.29 is 0 Å². The van der Waals surface area contributed by atoms with Crippen molar-refractivity contribution in [1.29, 1.82) is 0 Å². The van der Waals surface area contributed by atoms with Crippen LogP contribution in [-0.2, 0) is 7.05 Å². The summed E-state index contributed by atoms with van der Waals surface area (Å²) in [7, 11) is 1.98. The second kappa shape index (κ2) is 5.70. The Morgan fingerprint density at radius 3 is 2.62 bits per heavy atom. The molecular weight excluding hydrogens is 324 g/mol. The number of hydrogen-bond donors (Lipinski definition) is 2. The fraction of sp³-hybridized carbons (Fsp3) is 0.0500. The molecule has 5 rings (SSSR count). The van der Waals surface area contributed by atoms with Crippen LogP contribution in [0.5, 0.6) is 0 Å². The van der Waals surface area contributed by atoms with Crippen molar-refractivity contribution in [3.63, 3.8) is 0 Å². The Morgan fingerprint density at radius 1 is 0.962 bits per heavy atom. The highest BCUT2D eigenvalue weighted by molar-refractivity contribution is 6.01. The van der Waals surface area contributed by atoms with Crippen LogP contribution in [0.25, 0.3) is 33.5 Å². The van der Waals surface area contributed by atoms with Crippen LogP contribution >= 0.6 is 0 Å². The van der Waals surface area contributed by atoms with E-state index < -0.39 is 0 Å². The van der Waals surface area contributed by atoms with Crippen LogP contribution in [0.3, 0.4) is 0 Å². The fourth-order valence-corrected chi connectivity index (χ4v) is 3.22. The van der Waals surface area contributed by atoms with Crippen LogP contribution in [0, 0.1) is 0 Å². The summed E-state index contributed by atoms with van der Waals surface area (Å²) in [6.07, 6.45) is 3.61. The van der Waals surface area contributed by atoms with Gasteiger partial charge in [0, 0.05) is 24.5 Å². The van der Waals surface area contributed by atoms with E-state index in [0.29, 0.717) is 0 Å². The molecule has 0 saturated carbocycles. The summed E-state index contributed by atoms with van der Waals surface area (Å²) in [4.78, 5) is 17.1. The Hall–Kier alpha value is -3.67. The quantitative estimate of drug-likeness (QED) is 0.515. The monoisotopic (exact) mass is 340 g/mol. The van der Waals surface area contributed by atoms with Gasteiger partial charge in [0.1, 0.15) is 23.6 Å². The summed E-state index contributed by atoms with van der Waals surface area (Å²) >= 11 is 0. The highest BCUT2D eigenvalue weighted by Crippen LogP contribution is 2.33. The van der Waals surface area contributed by atoms with Gasteiger partial charge in [0.05, 0.1) is 16.4 Å². The van der Waals surface area contributed by atoms with Crippen LogP contribution in [0.4, 0.5) is 11.5 Å². The van der Waals surface area contributed by atoms with Crippen molar-refractivity contribution in [1.82, 2.24) is 24.5 Å². The second-order valence-corrected chi connectivity index (χ2v) is 6.17. The van der Waals surface area contributed by atoms with E-state index in [4.69, 9.17) is 4.98 Å². The normalized spacial score (nSPS) is 11.3. The molecule has 0 saturated heterocycles. The molecule has 0 amide bonds. The third kappa shape index (κ3) is 2.31. The summed E-state index contributed by atoms with van der Waals surface area (Å²) in [5, 5.41) is 4.34. The van der Waals surface area contributed by atoms with Crippen molar-refractivity contribution in [2.24, 2.45) is 7.05 Å². The molecule has 0 spiro atoms. The van der Waals surface area contributed by atoms with Crippen molar-refractivity contribution >= 4 is 33.6 Å². The SMILES string of the molecule is Cn1cc(-c2nc3ccccc3[nH]2)c2c(Nc3ccccc3)ncnc21. The first kappa shape index (κ1) is 14.7. The molecule has 0 aliphatic rings. The van der Waals surface area contributed by atoms with E-state index >= 15 is 0 Å². The molecule has 0 atom stereocenters. The van der Waals surface area contributed by atoms with Crippen LogP contribution in [0.2, 0.25) is 0 Å². The maximum atomic E-state index is 4.74. The van der Waals surface area contributed by atoms with Gasteiger partial charge in [-0.2, -0.15) is 0 Å². The van der Waals surface area contributed by atoms with Crippen LogP contribution in [0.1, 0.15) is 0 Å². The largest absolute Gasteiger partial charge is 0.340 e. The number of aromatic nitrogens is 5. The number of aryl methyl sites for hydroxylation is 1. The van der Waals surface area contributed by atoms with Gasteiger partial charge >= 0.3 is 0 Å². The number of imidazole rings is 1. The number of benzene rings is 2. The maximum absolute atomic E-state index is 4.74. The number of nitrogens with one attached hydrogen (secondary N) is 2. The lowest BCUT2D eigenvalue weighted by molar-refractivity contribution is 0.944. The Morgan fingerprint density at radius 2 is 1.77 bits per heavy atom. The summed E-state index contributed by atoms with van der Waals surface area (Å²) in [6.45, 7) is 0. The number of anilines is 2. The first-order valence-electron chi connectivity index (χ1n) is 8.37. The number of hydrogen-bond acceptors (Lipinski definition) is 4. The summed E-state index contributed by atoms with van der Waals surface area (Å²) < 4.78 is 2.00. The number of H-pyrrole nitrogens is 1. The molecule has 2 aromatic carbocycles. The van der Waals surface area contributed by atoms with Gasteiger partial charge < -0.3 is 14.9 Å². The number of para-hydroxylation sites is 3. The zero-order chi connectivity index (χ0) is 17.5. The van der Waals surface area contributed by atoms with E-state index in [-0.39, 0.29) is 0 Å². The molecule has 3 heterocycles. The molecule has 3 aromatic heterocycles. The van der Waals surface area contributed by atoms with Crippen LogP contribution < -0.4 is 5.32 Å². The van der Waals surface area contributed by atoms with Crippen molar-refractivity contribution in [2.75, 3.05) is 5.32 Å². The van der Waals surface area contributed by atoms with Crippen molar-refractivity contribution in [3.8, 4) is 11.4 Å². The minimum Gasteiger partial charge on any atom is -0.340 e. The van der Waals surface area contributed by atoms with Gasteiger partial charge in [0.2, 0.25) is 0 Å². The minimum absolute atomic E-state index is 0.761. The van der Waals surface area contributed by atoms with Gasteiger partial charge in [-0.05, 0) is 24.3 Å². The number of nitrogens with zero attached hydrogens (tertiary/aromatic N) is 4. The third-order valence-corrected chi connectivity index (χ3v) is 4.43. The molecule has 5 aromatic rings. The Balaban J connectivity index is 1.72. The molecule has 0 aliphatic heterocycles. The summed E-state index contributed by atoms with van der Waals surface area (Å²) in [6, 6.07) is 18.0. The van der Waals surface area contributed by atoms with Crippen LogP contribution in [-0.4, -0.2) is 24.5 Å². The highest BCUT2D eigenvalue weighted by Gasteiger charge is 2.17. The zero-order valence-corrected chi connectivity index (χ0v) is 14.1. The minimum atomic E-state index is 0.761. The molecule has 0 fully saturated rings. The molecular formula is C20H16N6. The predicted molar refractivity (Wildman–Crippen MR) is 103 cm³/mol. The third-order valence-electron chi connectivity index (χ3n) is 4.43. The van der Waals surface area contributed by atoms with Gasteiger partial charge in [-0.3, -0.25) is 0 Å². The molecule has 0 bridgehead atoms. The van der Waals surface area contributed by atoms with E-state index in [9.17, 15) is 0 Å². The molecule has 0 unspecified atom stereocenters. The lowest BCUT2D eigenvalue weighted by atomic mass is 10.2. The van der Waals surface area contributed by atoms with E-state index in [1.807, 2.05) is 72.4 Å². The summed E-state index contributed by atoms with van der Waals surface area (Å²) in [5.41, 5.74) is 4.75. The van der Waals surface area contributed by atoms with E-state index in [1.54, 1.807) is 6.33 Å². The Bertz CT molecular complexity index is 1190. The van der Waals surface area contributed by atoms with Gasteiger partial charge in [0.15, 0.2) is 0 Å². The lowest BCUT2D eigenvalue weighted by Gasteiger charge is -2.07. The predicted octanol–water partition coefficient (Wildman–Crippen LogP) is 4.26. The molecule has 0 radical (unpaired) electrons. The lowest BCUT2D eigenvalue weighted by Crippen LogP contribution is -1.97. The first-order valence-corrected chi connectivity index (χ1v) is 8.37. The van der Waals surface area contributed by atoms with E-state index in [1.165, 1.54) is 0 Å². The topological polar surface area (TPSA) is 71.4 Å². The number of rotatable bonds is 3.